The molecular formula is C18H24N8O2. The number of piperidine rings is 1. The van der Waals surface area contributed by atoms with Crippen LogP contribution in [0, 0.1) is 0 Å². The Labute approximate surface area is 162 Å². The normalized spacial score (nSPS) is 19.1. The van der Waals surface area contributed by atoms with Crippen LogP contribution in [0.5, 0.6) is 0 Å². The first-order valence-corrected chi connectivity index (χ1v) is 9.01. The highest BCUT2D eigenvalue weighted by Crippen LogP contribution is 2.26. The van der Waals surface area contributed by atoms with E-state index in [-0.39, 0.29) is 29.5 Å². The van der Waals surface area contributed by atoms with Crippen molar-refractivity contribution in [2.45, 2.75) is 31.8 Å². The molecule has 0 unspecified atom stereocenters. The van der Waals surface area contributed by atoms with Crippen molar-refractivity contribution in [2.24, 2.45) is 12.8 Å². The highest BCUT2D eigenvalue weighted by molar-refractivity contribution is 5.96. The summed E-state index contributed by atoms with van der Waals surface area (Å²) >= 11 is 0. The van der Waals surface area contributed by atoms with Gasteiger partial charge in [0.05, 0.1) is 18.1 Å². The maximum Gasteiger partial charge on any atom is 0.271 e. The van der Waals surface area contributed by atoms with Crippen LogP contribution in [-0.2, 0) is 11.8 Å². The molecule has 0 radical (unpaired) electrons. The molecule has 0 aliphatic carbocycles. The molecule has 4 N–H and O–H groups in total. The number of aromatic nitrogens is 4. The van der Waals surface area contributed by atoms with Crippen molar-refractivity contribution in [3.8, 4) is 0 Å². The van der Waals surface area contributed by atoms with E-state index in [2.05, 4.69) is 37.2 Å². The molecule has 1 aliphatic rings. The molecule has 0 spiro atoms. The monoisotopic (exact) mass is 384 g/mol. The predicted octanol–water partition coefficient (Wildman–Crippen LogP) is 0.712. The van der Waals surface area contributed by atoms with E-state index in [1.165, 1.54) is 12.3 Å². The number of carbonyl (C=O) groups is 2. The number of anilines is 3. The quantitative estimate of drug-likeness (QED) is 0.625. The summed E-state index contributed by atoms with van der Waals surface area (Å²) in [6.07, 6.45) is 7.92. The first kappa shape index (κ1) is 19.3. The third-order valence-electron chi connectivity index (χ3n) is 4.76. The van der Waals surface area contributed by atoms with Crippen LogP contribution >= 0.6 is 0 Å². The zero-order valence-corrected chi connectivity index (χ0v) is 15.9. The lowest BCUT2D eigenvalue weighted by Gasteiger charge is -2.40. The highest BCUT2D eigenvalue weighted by Gasteiger charge is 2.30. The number of hydrogen-bond acceptors (Lipinski definition) is 7. The van der Waals surface area contributed by atoms with Gasteiger partial charge in [0.25, 0.3) is 5.91 Å². The minimum atomic E-state index is -0.673. The van der Waals surface area contributed by atoms with Gasteiger partial charge in [0, 0.05) is 31.9 Å². The molecule has 148 valence electrons. The first-order valence-electron chi connectivity index (χ1n) is 9.01. The van der Waals surface area contributed by atoms with Crippen molar-refractivity contribution in [3.05, 3.63) is 36.9 Å². The van der Waals surface area contributed by atoms with Gasteiger partial charge in [-0.15, -0.1) is 0 Å². The fraction of sp³-hybridized carbons (Fsp3) is 0.389. The minimum Gasteiger partial charge on any atom is -0.364 e. The second-order valence-corrected chi connectivity index (χ2v) is 6.71. The Morgan fingerprint density at radius 2 is 2.18 bits per heavy atom. The van der Waals surface area contributed by atoms with Crippen molar-refractivity contribution in [2.75, 3.05) is 16.8 Å². The third-order valence-corrected chi connectivity index (χ3v) is 4.76. The molecule has 10 nitrogen and oxygen atoms in total. The lowest BCUT2D eigenvalue weighted by atomic mass is 9.97. The summed E-state index contributed by atoms with van der Waals surface area (Å²) < 4.78 is 1.63. The van der Waals surface area contributed by atoms with Crippen molar-refractivity contribution in [1.82, 2.24) is 25.1 Å². The zero-order valence-electron chi connectivity index (χ0n) is 15.9. The second kappa shape index (κ2) is 8.07. The molecule has 0 aromatic carbocycles. The maximum atomic E-state index is 11.8. The molecule has 0 bridgehead atoms. The van der Waals surface area contributed by atoms with Crippen molar-refractivity contribution in [1.29, 1.82) is 0 Å². The summed E-state index contributed by atoms with van der Waals surface area (Å²) in [7, 11) is 1.79. The molecule has 2 atom stereocenters. The standard InChI is InChI=1S/C18H24N8O2/c1-4-15(27)23-13-6-5-7-26(11(13)2)14-9-20-16(17(19)28)18(24-14)22-12-8-21-25(3)10-12/h4,8-11,13H,1,5-7H2,2-3H3,(H2,19,28)(H,22,24)(H,23,27)/t11-,13-/m1/s1. The van der Waals surface area contributed by atoms with Gasteiger partial charge in [-0.05, 0) is 25.8 Å². The topological polar surface area (TPSA) is 131 Å². The van der Waals surface area contributed by atoms with Crippen LogP contribution in [0.3, 0.4) is 0 Å². The van der Waals surface area contributed by atoms with Gasteiger partial charge >= 0.3 is 0 Å². The SMILES string of the molecule is C=CC(=O)N[C@@H]1CCCN(c2cnc(C(N)=O)c(Nc3cnn(C)c3)n2)[C@@H]1C. The molecule has 1 aliphatic heterocycles. The molecule has 2 aromatic heterocycles. The second-order valence-electron chi connectivity index (χ2n) is 6.71. The number of aryl methyl sites for hydroxylation is 1. The summed E-state index contributed by atoms with van der Waals surface area (Å²) in [5.74, 6) is -0.00931. The number of primary amides is 1. The summed E-state index contributed by atoms with van der Waals surface area (Å²) in [5, 5.41) is 10.1. The van der Waals surface area contributed by atoms with Gasteiger partial charge in [-0.3, -0.25) is 14.3 Å². The summed E-state index contributed by atoms with van der Waals surface area (Å²) in [5.41, 5.74) is 6.16. The Morgan fingerprint density at radius 3 is 2.82 bits per heavy atom. The first-order chi connectivity index (χ1) is 13.4. The summed E-state index contributed by atoms with van der Waals surface area (Å²) in [4.78, 5) is 34.3. The van der Waals surface area contributed by atoms with Gasteiger partial charge in [-0.2, -0.15) is 5.10 Å². The molecule has 2 aromatic rings. The van der Waals surface area contributed by atoms with Gasteiger partial charge in [-0.1, -0.05) is 6.58 Å². The van der Waals surface area contributed by atoms with Gasteiger partial charge < -0.3 is 21.3 Å². The zero-order chi connectivity index (χ0) is 20.3. The van der Waals surface area contributed by atoms with E-state index in [4.69, 9.17) is 5.73 Å². The molecule has 10 heteroatoms. The van der Waals surface area contributed by atoms with Gasteiger partial charge in [0.15, 0.2) is 11.5 Å². The lowest BCUT2D eigenvalue weighted by molar-refractivity contribution is -0.117. The minimum absolute atomic E-state index is 0.00220. The van der Waals surface area contributed by atoms with E-state index in [0.717, 1.165) is 19.4 Å². The van der Waals surface area contributed by atoms with Gasteiger partial charge in [-0.25, -0.2) is 9.97 Å². The molecule has 3 rings (SSSR count). The van der Waals surface area contributed by atoms with E-state index in [9.17, 15) is 9.59 Å². The van der Waals surface area contributed by atoms with Crippen molar-refractivity contribution >= 4 is 29.1 Å². The highest BCUT2D eigenvalue weighted by atomic mass is 16.2. The number of hydrogen-bond donors (Lipinski definition) is 3. The molecule has 0 saturated carbocycles. The van der Waals surface area contributed by atoms with Crippen LogP contribution in [0.2, 0.25) is 0 Å². The fourth-order valence-electron chi connectivity index (χ4n) is 3.31. The lowest BCUT2D eigenvalue weighted by Crippen LogP contribution is -2.54. The fourth-order valence-corrected chi connectivity index (χ4v) is 3.31. The van der Waals surface area contributed by atoms with E-state index in [1.54, 1.807) is 24.1 Å². The number of nitrogens with two attached hydrogens (primary N) is 1. The van der Waals surface area contributed by atoms with Gasteiger partial charge in [0.1, 0.15) is 5.82 Å². The Morgan fingerprint density at radius 1 is 1.39 bits per heavy atom. The van der Waals surface area contributed by atoms with Crippen LogP contribution < -0.4 is 21.3 Å². The largest absolute Gasteiger partial charge is 0.364 e. The third kappa shape index (κ3) is 4.11. The van der Waals surface area contributed by atoms with E-state index >= 15 is 0 Å². The van der Waals surface area contributed by atoms with Crippen molar-refractivity contribution < 1.29 is 9.59 Å². The molecule has 3 heterocycles. The number of rotatable bonds is 6. The van der Waals surface area contributed by atoms with Gasteiger partial charge in [0.2, 0.25) is 5.91 Å². The van der Waals surface area contributed by atoms with Crippen LogP contribution in [0.25, 0.3) is 0 Å². The van der Waals surface area contributed by atoms with E-state index in [1.807, 2.05) is 6.92 Å². The van der Waals surface area contributed by atoms with Crippen LogP contribution in [0.15, 0.2) is 31.2 Å². The Kier molecular flexibility index (Phi) is 5.57. The predicted molar refractivity (Wildman–Crippen MR) is 105 cm³/mol. The van der Waals surface area contributed by atoms with Crippen molar-refractivity contribution in [3.63, 3.8) is 0 Å². The average molecular weight is 384 g/mol. The molecule has 2 amide bonds. The Balaban J connectivity index is 1.88. The van der Waals surface area contributed by atoms with E-state index < -0.39 is 5.91 Å². The number of nitrogens with one attached hydrogen (secondary N) is 2. The smallest absolute Gasteiger partial charge is 0.271 e. The van der Waals surface area contributed by atoms with Crippen LogP contribution in [-0.4, -0.2) is 50.2 Å². The number of nitrogens with zero attached hydrogens (tertiary/aromatic N) is 5. The molecule has 1 fully saturated rings. The summed E-state index contributed by atoms with van der Waals surface area (Å²) in [6.45, 7) is 6.28. The molecular weight excluding hydrogens is 360 g/mol. The molecule has 28 heavy (non-hydrogen) atoms. The van der Waals surface area contributed by atoms with Crippen LogP contribution in [0.4, 0.5) is 17.3 Å². The Hall–Kier alpha value is -3.43. The summed E-state index contributed by atoms with van der Waals surface area (Å²) in [6, 6.07) is -0.0378. The molecule has 1 saturated heterocycles. The van der Waals surface area contributed by atoms with E-state index in [0.29, 0.717) is 11.5 Å². The number of carbonyl (C=O) groups excluding carboxylic acids is 2. The van der Waals surface area contributed by atoms with Crippen LogP contribution in [0.1, 0.15) is 30.3 Å². The Bertz CT molecular complexity index is 893. The number of amides is 2. The average Bonchev–Trinajstić information content (AvgIpc) is 3.07. The maximum absolute atomic E-state index is 11.8.